The van der Waals surface area contributed by atoms with E-state index >= 15 is 0 Å². The van der Waals surface area contributed by atoms with Gasteiger partial charge in [-0.15, -0.1) is 0 Å². The van der Waals surface area contributed by atoms with Gasteiger partial charge in [-0.1, -0.05) is 23.9 Å². The number of carbonyl (C=O) groups excluding carboxylic acids is 1. The van der Waals surface area contributed by atoms with Gasteiger partial charge in [0.2, 0.25) is 5.91 Å². The maximum atomic E-state index is 13.0. The van der Waals surface area contributed by atoms with Gasteiger partial charge in [0.15, 0.2) is 0 Å². The number of carbonyl (C=O) groups is 1. The number of hydrogen-bond donors (Lipinski definition) is 0. The molecule has 1 amide bonds. The number of benzene rings is 1. The van der Waals surface area contributed by atoms with Gasteiger partial charge in [-0.2, -0.15) is 5.26 Å². The molecule has 5 nitrogen and oxygen atoms in total. The summed E-state index contributed by atoms with van der Waals surface area (Å²) in [7, 11) is 0. The second kappa shape index (κ2) is 9.32. The first kappa shape index (κ1) is 21.2. The quantitative estimate of drug-likeness (QED) is 0.645. The van der Waals surface area contributed by atoms with Crippen molar-refractivity contribution in [3.63, 3.8) is 0 Å². The number of hydrogen-bond acceptors (Lipinski definition) is 5. The second-order valence-electron chi connectivity index (χ2n) is 7.28. The number of ether oxygens (including phenoxy) is 1. The molecular formula is C23H27N3O2S. The van der Waals surface area contributed by atoms with Crippen LogP contribution in [0.3, 0.4) is 0 Å². The Balaban J connectivity index is 1.71. The van der Waals surface area contributed by atoms with Crippen LogP contribution >= 0.6 is 11.8 Å². The second-order valence-corrected chi connectivity index (χ2v) is 8.24. The molecule has 1 aliphatic rings. The van der Waals surface area contributed by atoms with E-state index in [0.717, 1.165) is 47.5 Å². The van der Waals surface area contributed by atoms with Crippen LogP contribution in [-0.2, 0) is 4.79 Å². The van der Waals surface area contributed by atoms with Crippen LogP contribution in [-0.4, -0.2) is 34.7 Å². The van der Waals surface area contributed by atoms with Crippen molar-refractivity contribution in [2.24, 2.45) is 0 Å². The van der Waals surface area contributed by atoms with Gasteiger partial charge >= 0.3 is 0 Å². The van der Waals surface area contributed by atoms with E-state index in [-0.39, 0.29) is 17.7 Å². The Kier molecular flexibility index (Phi) is 6.81. The molecule has 1 aliphatic heterocycles. The molecule has 2 aromatic rings. The van der Waals surface area contributed by atoms with Crippen molar-refractivity contribution in [2.45, 2.75) is 51.6 Å². The van der Waals surface area contributed by atoms with Crippen LogP contribution in [0.2, 0.25) is 0 Å². The standard InChI is InChI=1S/C23H27N3O2S/c1-5-28-19-10-8-18(9-11-19)21-7-6-12-26(21)22(27)14-29-23-20(13-24)16(3)15(2)17(4)25-23/h8-11,21H,5-7,12,14H2,1-4H3. The van der Waals surface area contributed by atoms with Gasteiger partial charge in [0.05, 0.1) is 24.0 Å². The number of nitriles is 1. The third-order valence-electron chi connectivity index (χ3n) is 5.56. The van der Waals surface area contributed by atoms with Gasteiger partial charge in [0, 0.05) is 12.2 Å². The van der Waals surface area contributed by atoms with Crippen LogP contribution in [0.25, 0.3) is 0 Å². The summed E-state index contributed by atoms with van der Waals surface area (Å²) in [5, 5.41) is 10.2. The van der Waals surface area contributed by atoms with Crippen LogP contribution < -0.4 is 4.74 Å². The van der Waals surface area contributed by atoms with E-state index in [2.05, 4.69) is 23.2 Å². The summed E-state index contributed by atoms with van der Waals surface area (Å²) in [6, 6.07) is 10.4. The number of rotatable bonds is 6. The van der Waals surface area contributed by atoms with Crippen LogP contribution in [0.15, 0.2) is 29.3 Å². The van der Waals surface area contributed by atoms with E-state index in [1.807, 2.05) is 44.7 Å². The Morgan fingerprint density at radius 1 is 1.28 bits per heavy atom. The minimum atomic E-state index is 0.0907. The van der Waals surface area contributed by atoms with Crippen LogP contribution in [0, 0.1) is 32.1 Å². The smallest absolute Gasteiger partial charge is 0.233 e. The maximum Gasteiger partial charge on any atom is 0.233 e. The first-order valence-corrected chi connectivity index (χ1v) is 11.0. The fourth-order valence-electron chi connectivity index (χ4n) is 3.73. The molecule has 152 valence electrons. The van der Waals surface area contributed by atoms with Gasteiger partial charge in [-0.05, 0) is 69.4 Å². The lowest BCUT2D eigenvalue weighted by atomic mass is 10.0. The average molecular weight is 410 g/mol. The first-order chi connectivity index (χ1) is 14.0. The van der Waals surface area contributed by atoms with Crippen molar-refractivity contribution in [1.29, 1.82) is 5.26 Å². The Labute approximate surface area is 177 Å². The summed E-state index contributed by atoms with van der Waals surface area (Å²) in [5.41, 5.74) is 4.61. The zero-order chi connectivity index (χ0) is 21.0. The molecule has 0 spiro atoms. The predicted octanol–water partition coefficient (Wildman–Crippen LogP) is 4.73. The number of nitrogens with zero attached hydrogens (tertiary/aromatic N) is 3. The molecule has 1 unspecified atom stereocenters. The number of amides is 1. The Bertz CT molecular complexity index is 935. The SMILES string of the molecule is CCOc1ccc(C2CCCN2C(=O)CSc2nc(C)c(C)c(C)c2C#N)cc1. The molecule has 0 aliphatic carbocycles. The van der Waals surface area contributed by atoms with E-state index in [1.165, 1.54) is 11.8 Å². The maximum absolute atomic E-state index is 13.0. The molecule has 0 N–H and O–H groups in total. The van der Waals surface area contributed by atoms with Crippen molar-refractivity contribution in [2.75, 3.05) is 18.9 Å². The Morgan fingerprint density at radius 3 is 2.66 bits per heavy atom. The van der Waals surface area contributed by atoms with E-state index < -0.39 is 0 Å². The van der Waals surface area contributed by atoms with Crippen LogP contribution in [0.4, 0.5) is 0 Å². The zero-order valence-corrected chi connectivity index (χ0v) is 18.3. The summed E-state index contributed by atoms with van der Waals surface area (Å²) in [5.74, 6) is 1.23. The molecule has 1 aromatic heterocycles. The minimum Gasteiger partial charge on any atom is -0.494 e. The molecule has 1 aromatic carbocycles. The number of likely N-dealkylation sites (tertiary alicyclic amines) is 1. The third-order valence-corrected chi connectivity index (χ3v) is 6.52. The van der Waals surface area contributed by atoms with Crippen molar-refractivity contribution in [3.8, 4) is 11.8 Å². The highest BCUT2D eigenvalue weighted by Crippen LogP contribution is 2.34. The first-order valence-electron chi connectivity index (χ1n) is 9.99. The summed E-state index contributed by atoms with van der Waals surface area (Å²) in [4.78, 5) is 19.5. The molecule has 1 atom stereocenters. The van der Waals surface area contributed by atoms with Gasteiger partial charge in [-0.25, -0.2) is 4.98 Å². The van der Waals surface area contributed by atoms with E-state index in [0.29, 0.717) is 17.2 Å². The Morgan fingerprint density at radius 2 is 2.00 bits per heavy atom. The molecule has 0 saturated carbocycles. The third kappa shape index (κ3) is 4.56. The fraction of sp³-hybridized carbons (Fsp3) is 0.435. The predicted molar refractivity (Wildman–Crippen MR) is 115 cm³/mol. The van der Waals surface area contributed by atoms with Gasteiger partial charge in [-0.3, -0.25) is 4.79 Å². The van der Waals surface area contributed by atoms with Crippen molar-refractivity contribution < 1.29 is 9.53 Å². The molecule has 0 bridgehead atoms. The molecule has 1 fully saturated rings. The summed E-state index contributed by atoms with van der Waals surface area (Å²) in [6.07, 6.45) is 1.97. The highest BCUT2D eigenvalue weighted by molar-refractivity contribution is 8.00. The van der Waals surface area contributed by atoms with E-state index in [9.17, 15) is 10.1 Å². The van der Waals surface area contributed by atoms with Crippen molar-refractivity contribution in [3.05, 3.63) is 52.2 Å². The highest BCUT2D eigenvalue weighted by atomic mass is 32.2. The minimum absolute atomic E-state index is 0.0907. The van der Waals surface area contributed by atoms with Gasteiger partial charge in [0.1, 0.15) is 16.8 Å². The topological polar surface area (TPSA) is 66.2 Å². The number of aryl methyl sites for hydroxylation is 1. The molecule has 2 heterocycles. The molecule has 29 heavy (non-hydrogen) atoms. The molecule has 1 saturated heterocycles. The van der Waals surface area contributed by atoms with Crippen molar-refractivity contribution >= 4 is 17.7 Å². The Hall–Kier alpha value is -2.52. The van der Waals surface area contributed by atoms with Crippen molar-refractivity contribution in [1.82, 2.24) is 9.88 Å². The van der Waals surface area contributed by atoms with Crippen LogP contribution in [0.5, 0.6) is 5.75 Å². The monoisotopic (exact) mass is 409 g/mol. The number of aromatic nitrogens is 1. The highest BCUT2D eigenvalue weighted by Gasteiger charge is 2.30. The lowest BCUT2D eigenvalue weighted by Crippen LogP contribution is -2.32. The molecule has 6 heteroatoms. The molecule has 3 rings (SSSR count). The normalized spacial score (nSPS) is 16.0. The lowest BCUT2D eigenvalue weighted by molar-refractivity contribution is -0.129. The zero-order valence-electron chi connectivity index (χ0n) is 17.5. The lowest BCUT2D eigenvalue weighted by Gasteiger charge is -2.25. The largest absolute Gasteiger partial charge is 0.494 e. The van der Waals surface area contributed by atoms with E-state index in [1.54, 1.807) is 0 Å². The molecular weight excluding hydrogens is 382 g/mol. The molecule has 0 radical (unpaired) electrons. The number of pyridine rings is 1. The van der Waals surface area contributed by atoms with Gasteiger partial charge < -0.3 is 9.64 Å². The summed E-state index contributed by atoms with van der Waals surface area (Å²) >= 11 is 1.37. The van der Waals surface area contributed by atoms with Gasteiger partial charge in [0.25, 0.3) is 0 Å². The summed E-state index contributed by atoms with van der Waals surface area (Å²) < 4.78 is 5.52. The van der Waals surface area contributed by atoms with Crippen LogP contribution in [0.1, 0.15) is 53.8 Å². The fourth-order valence-corrected chi connectivity index (χ4v) is 4.70. The van der Waals surface area contributed by atoms with E-state index in [4.69, 9.17) is 4.74 Å². The number of thioether (sulfide) groups is 1. The average Bonchev–Trinajstić information content (AvgIpc) is 3.21. The summed E-state index contributed by atoms with van der Waals surface area (Å²) in [6.45, 7) is 9.23.